The second-order valence-corrected chi connectivity index (χ2v) is 5.59. The van der Waals surface area contributed by atoms with Crippen molar-refractivity contribution in [1.29, 1.82) is 0 Å². The molecule has 0 spiro atoms. The van der Waals surface area contributed by atoms with Crippen molar-refractivity contribution in [2.45, 2.75) is 0 Å². The third kappa shape index (κ3) is 2.83. The van der Waals surface area contributed by atoms with Crippen LogP contribution in [0.25, 0.3) is 39.4 Å². The maximum atomic E-state index is 10.8. The molecule has 0 radical (unpaired) electrons. The number of rotatable bonds is 4. The number of carboxylic acids is 1. The fourth-order valence-electron chi connectivity index (χ4n) is 2.87. The number of nitrogens with zero attached hydrogens (tertiary/aromatic N) is 1. The van der Waals surface area contributed by atoms with Gasteiger partial charge >= 0.3 is 5.97 Å². The molecule has 5 nitrogen and oxygen atoms in total. The Kier molecular flexibility index (Phi) is 3.67. The van der Waals surface area contributed by atoms with Crippen LogP contribution in [-0.4, -0.2) is 21.0 Å². The van der Waals surface area contributed by atoms with Gasteiger partial charge in [0.25, 0.3) is 0 Å². The van der Waals surface area contributed by atoms with Crippen LogP contribution in [0.15, 0.2) is 71.8 Å². The van der Waals surface area contributed by atoms with E-state index in [0.717, 1.165) is 44.9 Å². The highest BCUT2D eigenvalue weighted by Gasteiger charge is 2.11. The standard InChI is InChI=1S/C20H14N2O3/c23-19(24)6-5-13-3-1-2-4-16(13)15-9-17-18(14-7-8-25-12-14)11-22-20(17)21-10-15/h1-12H,(H,21,22)(H,23,24). The number of aromatic amines is 1. The van der Waals surface area contributed by atoms with Crippen LogP contribution in [0.3, 0.4) is 0 Å². The SMILES string of the molecule is O=C(O)C=Cc1ccccc1-c1cnc2[nH]cc(-c3ccoc3)c2c1. The molecule has 25 heavy (non-hydrogen) atoms. The molecule has 0 fully saturated rings. The second kappa shape index (κ2) is 6.13. The molecule has 3 aromatic heterocycles. The van der Waals surface area contributed by atoms with Crippen molar-refractivity contribution in [3.05, 3.63) is 73.0 Å². The summed E-state index contributed by atoms with van der Waals surface area (Å²) in [5.74, 6) is -0.976. The molecule has 122 valence electrons. The fourth-order valence-corrected chi connectivity index (χ4v) is 2.87. The largest absolute Gasteiger partial charge is 0.478 e. The van der Waals surface area contributed by atoms with Gasteiger partial charge in [-0.25, -0.2) is 9.78 Å². The highest BCUT2D eigenvalue weighted by atomic mass is 16.4. The second-order valence-electron chi connectivity index (χ2n) is 5.59. The summed E-state index contributed by atoms with van der Waals surface area (Å²) in [6.45, 7) is 0. The Morgan fingerprint density at radius 2 is 2.04 bits per heavy atom. The first-order valence-corrected chi connectivity index (χ1v) is 7.72. The van der Waals surface area contributed by atoms with E-state index in [1.54, 1.807) is 24.8 Å². The molecule has 0 saturated heterocycles. The van der Waals surface area contributed by atoms with Crippen LogP contribution >= 0.6 is 0 Å². The van der Waals surface area contributed by atoms with Gasteiger partial charge in [-0.15, -0.1) is 0 Å². The topological polar surface area (TPSA) is 79.1 Å². The summed E-state index contributed by atoms with van der Waals surface area (Å²) in [4.78, 5) is 18.5. The number of carboxylic acid groups (broad SMARTS) is 1. The summed E-state index contributed by atoms with van der Waals surface area (Å²) >= 11 is 0. The van der Waals surface area contributed by atoms with Crippen molar-refractivity contribution in [2.24, 2.45) is 0 Å². The summed E-state index contributed by atoms with van der Waals surface area (Å²) in [7, 11) is 0. The van der Waals surface area contributed by atoms with Crippen molar-refractivity contribution in [2.75, 3.05) is 0 Å². The summed E-state index contributed by atoms with van der Waals surface area (Å²) in [5, 5.41) is 9.86. The van der Waals surface area contributed by atoms with Gasteiger partial charge in [0.15, 0.2) is 0 Å². The van der Waals surface area contributed by atoms with Crippen molar-refractivity contribution in [1.82, 2.24) is 9.97 Å². The van der Waals surface area contributed by atoms with Gasteiger partial charge < -0.3 is 14.5 Å². The third-order valence-electron chi connectivity index (χ3n) is 4.04. The first-order chi connectivity index (χ1) is 12.2. The van der Waals surface area contributed by atoms with Crippen molar-refractivity contribution < 1.29 is 14.3 Å². The number of fused-ring (bicyclic) bond motifs is 1. The van der Waals surface area contributed by atoms with E-state index >= 15 is 0 Å². The van der Waals surface area contributed by atoms with Crippen LogP contribution in [0.4, 0.5) is 0 Å². The smallest absolute Gasteiger partial charge is 0.328 e. The lowest BCUT2D eigenvalue weighted by Gasteiger charge is -2.06. The third-order valence-corrected chi connectivity index (χ3v) is 4.04. The van der Waals surface area contributed by atoms with Crippen molar-refractivity contribution in [3.8, 4) is 22.3 Å². The van der Waals surface area contributed by atoms with Crippen LogP contribution in [0.5, 0.6) is 0 Å². The fraction of sp³-hybridized carbons (Fsp3) is 0. The number of H-pyrrole nitrogens is 1. The summed E-state index contributed by atoms with van der Waals surface area (Å²) in [6, 6.07) is 11.6. The van der Waals surface area contributed by atoms with E-state index in [-0.39, 0.29) is 0 Å². The van der Waals surface area contributed by atoms with Crippen molar-refractivity contribution in [3.63, 3.8) is 0 Å². The number of pyridine rings is 1. The molecular weight excluding hydrogens is 316 g/mol. The molecule has 0 aliphatic heterocycles. The highest BCUT2D eigenvalue weighted by molar-refractivity contribution is 5.96. The first kappa shape index (κ1) is 15.0. The van der Waals surface area contributed by atoms with E-state index in [0.29, 0.717) is 0 Å². The van der Waals surface area contributed by atoms with E-state index in [4.69, 9.17) is 9.52 Å². The molecule has 0 aliphatic carbocycles. The molecule has 4 rings (SSSR count). The number of hydrogen-bond donors (Lipinski definition) is 2. The van der Waals surface area contributed by atoms with Crippen LogP contribution in [0.2, 0.25) is 0 Å². The maximum Gasteiger partial charge on any atom is 0.328 e. The van der Waals surface area contributed by atoms with Crippen LogP contribution in [0, 0.1) is 0 Å². The van der Waals surface area contributed by atoms with Gasteiger partial charge in [-0.2, -0.15) is 0 Å². The molecule has 0 bridgehead atoms. The van der Waals surface area contributed by atoms with Gasteiger partial charge in [-0.1, -0.05) is 24.3 Å². The Morgan fingerprint density at radius 1 is 1.16 bits per heavy atom. The lowest BCUT2D eigenvalue weighted by Crippen LogP contribution is -1.88. The average molecular weight is 330 g/mol. The molecule has 2 N–H and O–H groups in total. The van der Waals surface area contributed by atoms with E-state index in [9.17, 15) is 4.79 Å². The molecule has 3 heterocycles. The zero-order chi connectivity index (χ0) is 17.2. The molecule has 4 aromatic rings. The van der Waals surface area contributed by atoms with Gasteiger partial charge in [0.05, 0.1) is 12.5 Å². The number of nitrogens with one attached hydrogen (secondary N) is 1. The highest BCUT2D eigenvalue weighted by Crippen LogP contribution is 2.32. The summed E-state index contributed by atoms with van der Waals surface area (Å²) < 4.78 is 5.18. The van der Waals surface area contributed by atoms with Gasteiger partial charge in [-0.3, -0.25) is 0 Å². The number of benzene rings is 1. The maximum absolute atomic E-state index is 10.8. The molecule has 0 amide bonds. The van der Waals surface area contributed by atoms with Crippen LogP contribution in [0.1, 0.15) is 5.56 Å². The van der Waals surface area contributed by atoms with Gasteiger partial charge in [-0.05, 0) is 29.3 Å². The van der Waals surface area contributed by atoms with Gasteiger partial charge in [0, 0.05) is 40.5 Å². The monoisotopic (exact) mass is 330 g/mol. The zero-order valence-electron chi connectivity index (χ0n) is 13.1. The Morgan fingerprint density at radius 3 is 2.84 bits per heavy atom. The van der Waals surface area contributed by atoms with Crippen LogP contribution in [-0.2, 0) is 4.79 Å². The summed E-state index contributed by atoms with van der Waals surface area (Å²) in [5.41, 5.74) is 5.45. The van der Waals surface area contributed by atoms with Crippen LogP contribution < -0.4 is 0 Å². The summed E-state index contributed by atoms with van der Waals surface area (Å²) in [6.07, 6.45) is 9.75. The number of aromatic nitrogens is 2. The Hall–Kier alpha value is -3.60. The minimum atomic E-state index is -0.976. The number of carbonyl (C=O) groups is 1. The zero-order valence-corrected chi connectivity index (χ0v) is 13.1. The minimum absolute atomic E-state index is 0.790. The first-order valence-electron chi connectivity index (χ1n) is 7.72. The number of furan rings is 1. The molecule has 0 saturated carbocycles. The Bertz CT molecular complexity index is 1080. The molecule has 1 aromatic carbocycles. The van der Waals surface area contributed by atoms with E-state index < -0.39 is 5.97 Å². The molecule has 0 aliphatic rings. The molecule has 5 heteroatoms. The number of aliphatic carboxylic acids is 1. The van der Waals surface area contributed by atoms with E-state index in [1.807, 2.05) is 36.5 Å². The van der Waals surface area contributed by atoms with E-state index in [1.165, 1.54) is 0 Å². The van der Waals surface area contributed by atoms with Gasteiger partial charge in [0.2, 0.25) is 0 Å². The normalized spacial score (nSPS) is 11.4. The Balaban J connectivity index is 1.86. The quantitative estimate of drug-likeness (QED) is 0.536. The predicted octanol–water partition coefficient (Wildman–Crippen LogP) is 4.59. The average Bonchev–Trinajstić information content (AvgIpc) is 3.28. The lowest BCUT2D eigenvalue weighted by molar-refractivity contribution is -0.131. The Labute approximate surface area is 143 Å². The predicted molar refractivity (Wildman–Crippen MR) is 95.9 cm³/mol. The molecule has 0 atom stereocenters. The lowest BCUT2D eigenvalue weighted by atomic mass is 9.99. The van der Waals surface area contributed by atoms with Crippen molar-refractivity contribution >= 4 is 23.1 Å². The van der Waals surface area contributed by atoms with E-state index in [2.05, 4.69) is 16.0 Å². The minimum Gasteiger partial charge on any atom is -0.478 e. The number of hydrogen-bond acceptors (Lipinski definition) is 3. The van der Waals surface area contributed by atoms with Gasteiger partial charge in [0.1, 0.15) is 5.65 Å². The molecule has 0 unspecified atom stereocenters. The molecular formula is C20H14N2O3.